The third-order valence-electron chi connectivity index (χ3n) is 2.29. The van der Waals surface area contributed by atoms with E-state index in [1.807, 2.05) is 0 Å². The van der Waals surface area contributed by atoms with Crippen LogP contribution in [0.3, 0.4) is 0 Å². The third kappa shape index (κ3) is 4.14. The molecule has 1 N–H and O–H groups in total. The number of rotatable bonds is 6. The van der Waals surface area contributed by atoms with Crippen molar-refractivity contribution < 1.29 is 8.78 Å². The van der Waals surface area contributed by atoms with Gasteiger partial charge in [-0.15, -0.1) is 10.2 Å². The van der Waals surface area contributed by atoms with Crippen molar-refractivity contribution in [3.63, 3.8) is 0 Å². The van der Waals surface area contributed by atoms with Gasteiger partial charge in [-0.05, 0) is 24.6 Å². The second-order valence-electron chi connectivity index (χ2n) is 3.82. The van der Waals surface area contributed by atoms with Crippen LogP contribution in [0.2, 0.25) is 0 Å². The van der Waals surface area contributed by atoms with E-state index in [9.17, 15) is 8.78 Å². The van der Waals surface area contributed by atoms with E-state index >= 15 is 0 Å². The van der Waals surface area contributed by atoms with Gasteiger partial charge in [-0.3, -0.25) is 0 Å². The highest BCUT2D eigenvalue weighted by Crippen LogP contribution is 2.29. The molecule has 1 heterocycles. The Hall–Kier alpha value is -1.21. The molecule has 1 aromatic carbocycles. The minimum absolute atomic E-state index is 0.336. The molecule has 0 atom stereocenters. The van der Waals surface area contributed by atoms with Gasteiger partial charge in [-0.2, -0.15) is 0 Å². The van der Waals surface area contributed by atoms with Crippen molar-refractivity contribution >= 4 is 28.2 Å². The molecule has 0 spiro atoms. The monoisotopic (exact) mass is 301 g/mol. The summed E-state index contributed by atoms with van der Waals surface area (Å²) in [5, 5.41) is 11.8. The van der Waals surface area contributed by atoms with Gasteiger partial charge in [0.1, 0.15) is 11.6 Å². The Labute approximate surface area is 118 Å². The van der Waals surface area contributed by atoms with Crippen molar-refractivity contribution in [2.24, 2.45) is 0 Å². The van der Waals surface area contributed by atoms with E-state index in [2.05, 4.69) is 22.4 Å². The molecular formula is C12H13F2N3S2. The maximum Gasteiger partial charge on any atom is 0.206 e. The van der Waals surface area contributed by atoms with Gasteiger partial charge in [0, 0.05) is 17.9 Å². The maximum absolute atomic E-state index is 13.4. The van der Waals surface area contributed by atoms with Crippen LogP contribution in [0.4, 0.5) is 13.9 Å². The van der Waals surface area contributed by atoms with Crippen LogP contribution in [0.1, 0.15) is 18.9 Å². The van der Waals surface area contributed by atoms with Crippen LogP contribution in [-0.2, 0) is 5.75 Å². The molecule has 0 aliphatic heterocycles. The zero-order valence-corrected chi connectivity index (χ0v) is 12.0. The molecule has 0 bridgehead atoms. The molecule has 0 saturated carbocycles. The molecule has 0 aliphatic carbocycles. The molecular weight excluding hydrogens is 288 g/mol. The largest absolute Gasteiger partial charge is 0.360 e. The molecule has 0 aliphatic rings. The fraction of sp³-hybridized carbons (Fsp3) is 0.333. The van der Waals surface area contributed by atoms with E-state index in [1.165, 1.54) is 29.2 Å². The van der Waals surface area contributed by atoms with Crippen molar-refractivity contribution in [2.45, 2.75) is 23.4 Å². The first-order chi connectivity index (χ1) is 9.19. The van der Waals surface area contributed by atoms with E-state index < -0.39 is 11.6 Å². The first-order valence-corrected chi connectivity index (χ1v) is 7.63. The molecule has 0 amide bonds. The lowest BCUT2D eigenvalue weighted by atomic mass is 10.2. The topological polar surface area (TPSA) is 37.8 Å². The van der Waals surface area contributed by atoms with E-state index in [4.69, 9.17) is 0 Å². The molecule has 0 saturated heterocycles. The zero-order valence-electron chi connectivity index (χ0n) is 10.3. The summed E-state index contributed by atoms with van der Waals surface area (Å²) < 4.78 is 27.2. The highest BCUT2D eigenvalue weighted by Gasteiger charge is 2.08. The Morgan fingerprint density at radius 1 is 1.32 bits per heavy atom. The number of halogens is 2. The Bertz CT molecular complexity index is 546. The molecule has 2 rings (SSSR count). The summed E-state index contributed by atoms with van der Waals surface area (Å²) in [5.74, 6) is -0.492. The zero-order chi connectivity index (χ0) is 13.7. The fourth-order valence-electron chi connectivity index (χ4n) is 1.36. The summed E-state index contributed by atoms with van der Waals surface area (Å²) in [6, 6.07) is 3.46. The first-order valence-electron chi connectivity index (χ1n) is 5.83. The maximum atomic E-state index is 13.4. The Morgan fingerprint density at radius 3 is 2.95 bits per heavy atom. The number of anilines is 1. The molecule has 0 unspecified atom stereocenters. The number of thioether (sulfide) groups is 1. The summed E-state index contributed by atoms with van der Waals surface area (Å²) in [6.07, 6.45) is 1.01. The van der Waals surface area contributed by atoms with Crippen molar-refractivity contribution in [3.8, 4) is 0 Å². The normalized spacial score (nSPS) is 10.7. The standard InChI is InChI=1S/C12H13F2N3S2/c1-2-5-15-11-16-17-12(19-11)18-7-8-6-9(13)3-4-10(8)14/h3-4,6H,2,5,7H2,1H3,(H,15,16). The van der Waals surface area contributed by atoms with E-state index in [0.717, 1.165) is 34.6 Å². The predicted octanol–water partition coefficient (Wildman–Crippen LogP) is 3.93. The molecule has 0 fully saturated rings. The van der Waals surface area contributed by atoms with Gasteiger partial charge in [-0.25, -0.2) is 8.78 Å². The summed E-state index contributed by atoms with van der Waals surface area (Å²) in [4.78, 5) is 0. The molecule has 19 heavy (non-hydrogen) atoms. The molecule has 0 radical (unpaired) electrons. The first kappa shape index (κ1) is 14.2. The van der Waals surface area contributed by atoms with Gasteiger partial charge in [0.25, 0.3) is 0 Å². The predicted molar refractivity (Wildman–Crippen MR) is 74.6 cm³/mol. The van der Waals surface area contributed by atoms with Gasteiger partial charge in [-0.1, -0.05) is 30.0 Å². The summed E-state index contributed by atoms with van der Waals surface area (Å²) >= 11 is 2.76. The molecule has 102 valence electrons. The molecule has 2 aromatic rings. The van der Waals surface area contributed by atoms with Gasteiger partial charge in [0.2, 0.25) is 5.13 Å². The number of benzene rings is 1. The highest BCUT2D eigenvalue weighted by atomic mass is 32.2. The van der Waals surface area contributed by atoms with Gasteiger partial charge in [0.05, 0.1) is 0 Å². The minimum atomic E-state index is -0.431. The smallest absolute Gasteiger partial charge is 0.206 e. The summed E-state index contributed by atoms with van der Waals surface area (Å²) in [5.41, 5.74) is 0.336. The average Bonchev–Trinajstić information content (AvgIpc) is 2.85. The lowest BCUT2D eigenvalue weighted by Gasteiger charge is -2.00. The van der Waals surface area contributed by atoms with Crippen LogP contribution >= 0.6 is 23.1 Å². The van der Waals surface area contributed by atoms with E-state index in [1.54, 1.807) is 0 Å². The number of hydrogen-bond acceptors (Lipinski definition) is 5. The van der Waals surface area contributed by atoms with Gasteiger partial charge in [0.15, 0.2) is 4.34 Å². The van der Waals surface area contributed by atoms with Crippen LogP contribution in [0.25, 0.3) is 0 Å². The number of hydrogen-bond donors (Lipinski definition) is 1. The number of nitrogens with one attached hydrogen (secondary N) is 1. The Balaban J connectivity index is 1.94. The summed E-state index contributed by atoms with van der Waals surface area (Å²) in [6.45, 7) is 2.91. The van der Waals surface area contributed by atoms with Crippen LogP contribution in [0.5, 0.6) is 0 Å². The number of aromatic nitrogens is 2. The SMILES string of the molecule is CCCNc1nnc(SCc2cc(F)ccc2F)s1. The third-order valence-corrected chi connectivity index (χ3v) is 4.35. The second kappa shape index (κ2) is 6.81. The Kier molecular flexibility index (Phi) is 5.09. The summed E-state index contributed by atoms with van der Waals surface area (Å²) in [7, 11) is 0. The minimum Gasteiger partial charge on any atom is -0.360 e. The van der Waals surface area contributed by atoms with Crippen LogP contribution in [0, 0.1) is 11.6 Å². The lowest BCUT2D eigenvalue weighted by molar-refractivity contribution is 0.591. The Morgan fingerprint density at radius 2 is 2.16 bits per heavy atom. The second-order valence-corrected chi connectivity index (χ2v) is 6.02. The average molecular weight is 301 g/mol. The molecule has 3 nitrogen and oxygen atoms in total. The van der Waals surface area contributed by atoms with Gasteiger partial charge < -0.3 is 5.32 Å². The van der Waals surface area contributed by atoms with Crippen molar-refractivity contribution in [1.82, 2.24) is 10.2 Å². The van der Waals surface area contributed by atoms with Gasteiger partial charge >= 0.3 is 0 Å². The number of nitrogens with zero attached hydrogens (tertiary/aromatic N) is 2. The van der Waals surface area contributed by atoms with Crippen molar-refractivity contribution in [1.29, 1.82) is 0 Å². The molecule has 7 heteroatoms. The molecule has 1 aromatic heterocycles. The highest BCUT2D eigenvalue weighted by molar-refractivity contribution is 8.00. The quantitative estimate of drug-likeness (QED) is 0.820. The van der Waals surface area contributed by atoms with Crippen molar-refractivity contribution in [3.05, 3.63) is 35.4 Å². The fourth-order valence-corrected chi connectivity index (χ4v) is 3.12. The van der Waals surface area contributed by atoms with Crippen LogP contribution in [0.15, 0.2) is 22.5 Å². The van der Waals surface area contributed by atoms with Crippen LogP contribution < -0.4 is 5.32 Å². The van der Waals surface area contributed by atoms with Crippen molar-refractivity contribution in [2.75, 3.05) is 11.9 Å². The van der Waals surface area contributed by atoms with E-state index in [-0.39, 0.29) is 0 Å². The van der Waals surface area contributed by atoms with E-state index in [0.29, 0.717) is 11.3 Å². The van der Waals surface area contributed by atoms with Crippen LogP contribution in [-0.4, -0.2) is 16.7 Å². The lowest BCUT2D eigenvalue weighted by Crippen LogP contribution is -1.98.